The summed E-state index contributed by atoms with van der Waals surface area (Å²) in [5.41, 5.74) is 0. The molecule has 1 aliphatic rings. The van der Waals surface area contributed by atoms with Gasteiger partial charge in [-0.2, -0.15) is 0 Å². The third kappa shape index (κ3) is 3.34. The molecule has 1 fully saturated rings. The van der Waals surface area contributed by atoms with Crippen LogP contribution in [-0.2, 0) is 9.53 Å². The molecule has 7 heteroatoms. The van der Waals surface area contributed by atoms with Gasteiger partial charge in [-0.25, -0.2) is 4.98 Å². The lowest BCUT2D eigenvalue weighted by molar-refractivity contribution is -0.144. The van der Waals surface area contributed by atoms with Gasteiger partial charge in [-0.05, 0) is 19.8 Å². The molecule has 1 aromatic rings. The summed E-state index contributed by atoms with van der Waals surface area (Å²) in [5, 5.41) is 6.70. The molecule has 0 bridgehead atoms. The van der Waals surface area contributed by atoms with E-state index in [0.29, 0.717) is 12.4 Å². The first kappa shape index (κ1) is 14.5. The summed E-state index contributed by atoms with van der Waals surface area (Å²) >= 11 is 0. The predicted molar refractivity (Wildman–Crippen MR) is 71.2 cm³/mol. The van der Waals surface area contributed by atoms with E-state index in [2.05, 4.69) is 15.2 Å². The number of ether oxygens (including phenoxy) is 1. The van der Waals surface area contributed by atoms with Crippen molar-refractivity contribution in [1.29, 1.82) is 0 Å². The Balaban J connectivity index is 2.08. The van der Waals surface area contributed by atoms with E-state index in [1.54, 1.807) is 6.92 Å². The molecule has 0 aliphatic heterocycles. The van der Waals surface area contributed by atoms with E-state index in [4.69, 9.17) is 4.74 Å². The highest BCUT2D eigenvalue weighted by molar-refractivity contribution is 5.93. The number of nitrogens with one attached hydrogen (secondary N) is 1. The number of nitrogens with zero attached hydrogens (tertiary/aromatic N) is 3. The molecule has 0 unspecified atom stereocenters. The van der Waals surface area contributed by atoms with Gasteiger partial charge in [0.2, 0.25) is 5.82 Å². The molecule has 7 nitrogen and oxygen atoms in total. The molecular formula is C13H20N4O3. The number of aromatic nitrogens is 3. The Morgan fingerprint density at radius 1 is 1.45 bits per heavy atom. The number of carbonyl (C=O) groups is 2. The first-order valence-electron chi connectivity index (χ1n) is 6.91. The van der Waals surface area contributed by atoms with Gasteiger partial charge >= 0.3 is 5.97 Å². The monoisotopic (exact) mass is 280 g/mol. The lowest BCUT2D eigenvalue weighted by Crippen LogP contribution is -2.38. The molecule has 1 aliphatic carbocycles. The molecule has 0 atom stereocenters. The van der Waals surface area contributed by atoms with E-state index in [9.17, 15) is 9.59 Å². The number of aromatic amines is 1. The maximum atomic E-state index is 12.4. The van der Waals surface area contributed by atoms with Crippen LogP contribution >= 0.6 is 0 Å². The topological polar surface area (TPSA) is 88.2 Å². The van der Waals surface area contributed by atoms with Crippen molar-refractivity contribution >= 4 is 11.9 Å². The minimum Gasteiger partial charge on any atom is -0.465 e. The molecule has 0 saturated heterocycles. The molecule has 1 amide bonds. The van der Waals surface area contributed by atoms with Crippen LogP contribution in [0.3, 0.4) is 0 Å². The Hall–Kier alpha value is -1.92. The molecule has 1 heterocycles. The number of H-pyrrole nitrogens is 1. The number of amides is 1. The first-order chi connectivity index (χ1) is 9.52. The zero-order chi connectivity index (χ0) is 14.7. The van der Waals surface area contributed by atoms with E-state index >= 15 is 0 Å². The van der Waals surface area contributed by atoms with Gasteiger partial charge in [0.25, 0.3) is 5.91 Å². The molecule has 1 aromatic heterocycles. The largest absolute Gasteiger partial charge is 0.465 e. The number of rotatable bonds is 6. The third-order valence-electron chi connectivity index (χ3n) is 3.09. The van der Waals surface area contributed by atoms with Crippen molar-refractivity contribution in [2.24, 2.45) is 0 Å². The minimum absolute atomic E-state index is 0.0388. The summed E-state index contributed by atoms with van der Waals surface area (Å²) in [4.78, 5) is 29.6. The molecular weight excluding hydrogens is 260 g/mol. The van der Waals surface area contributed by atoms with Crippen molar-refractivity contribution in [3.05, 3.63) is 11.6 Å². The van der Waals surface area contributed by atoms with E-state index in [1.165, 1.54) is 4.90 Å². The van der Waals surface area contributed by atoms with Crippen molar-refractivity contribution < 1.29 is 14.3 Å². The van der Waals surface area contributed by atoms with Gasteiger partial charge in [0.15, 0.2) is 0 Å². The summed E-state index contributed by atoms with van der Waals surface area (Å²) < 4.78 is 4.90. The molecule has 110 valence electrons. The smallest absolute Gasteiger partial charge is 0.325 e. The van der Waals surface area contributed by atoms with Gasteiger partial charge in [-0.3, -0.25) is 14.7 Å². The number of esters is 1. The Kier molecular flexibility index (Phi) is 4.36. The van der Waals surface area contributed by atoms with Crippen LogP contribution in [0.2, 0.25) is 0 Å². The van der Waals surface area contributed by atoms with E-state index in [1.807, 2.05) is 13.8 Å². The van der Waals surface area contributed by atoms with Crippen molar-refractivity contribution in [2.75, 3.05) is 13.2 Å². The summed E-state index contributed by atoms with van der Waals surface area (Å²) in [5.74, 6) is 0.240. The Labute approximate surface area is 117 Å². The van der Waals surface area contributed by atoms with Crippen LogP contribution in [-0.4, -0.2) is 51.2 Å². The molecule has 0 aromatic carbocycles. The summed E-state index contributed by atoms with van der Waals surface area (Å²) in [6.07, 6.45) is 1.82. The lowest BCUT2D eigenvalue weighted by atomic mass is 10.2. The molecule has 20 heavy (non-hydrogen) atoms. The van der Waals surface area contributed by atoms with Gasteiger partial charge < -0.3 is 9.64 Å². The SMILES string of the molecule is CCOC(=O)CN(C(=O)c1n[nH]c(C(C)C)n1)C1CC1. The third-order valence-corrected chi connectivity index (χ3v) is 3.09. The number of hydrogen-bond acceptors (Lipinski definition) is 5. The van der Waals surface area contributed by atoms with Crippen LogP contribution in [0.5, 0.6) is 0 Å². The number of hydrogen-bond donors (Lipinski definition) is 1. The second-order valence-electron chi connectivity index (χ2n) is 5.17. The molecule has 2 rings (SSSR count). The van der Waals surface area contributed by atoms with Gasteiger partial charge in [0.1, 0.15) is 12.4 Å². The van der Waals surface area contributed by atoms with E-state index < -0.39 is 5.97 Å². The molecule has 0 radical (unpaired) electrons. The normalized spacial score (nSPS) is 14.4. The Morgan fingerprint density at radius 3 is 2.65 bits per heavy atom. The zero-order valence-corrected chi connectivity index (χ0v) is 12.0. The van der Waals surface area contributed by atoms with Gasteiger partial charge in [0.05, 0.1) is 6.61 Å². The first-order valence-corrected chi connectivity index (χ1v) is 6.91. The quantitative estimate of drug-likeness (QED) is 0.788. The summed E-state index contributed by atoms with van der Waals surface area (Å²) in [6.45, 7) is 5.94. The van der Waals surface area contributed by atoms with Crippen molar-refractivity contribution in [3.63, 3.8) is 0 Å². The van der Waals surface area contributed by atoms with Crippen LogP contribution < -0.4 is 0 Å². The number of carbonyl (C=O) groups excluding carboxylic acids is 2. The standard InChI is InChI=1S/C13H20N4O3/c1-4-20-10(18)7-17(9-5-6-9)13(19)12-14-11(8(2)3)15-16-12/h8-9H,4-7H2,1-3H3,(H,14,15,16). The maximum Gasteiger partial charge on any atom is 0.325 e. The van der Waals surface area contributed by atoms with Gasteiger partial charge in [-0.15, -0.1) is 5.10 Å². The van der Waals surface area contributed by atoms with Crippen LogP contribution in [0.4, 0.5) is 0 Å². The fourth-order valence-corrected chi connectivity index (χ4v) is 1.86. The maximum absolute atomic E-state index is 12.4. The Bertz CT molecular complexity index is 494. The highest BCUT2D eigenvalue weighted by atomic mass is 16.5. The summed E-state index contributed by atoms with van der Waals surface area (Å²) in [7, 11) is 0. The fourth-order valence-electron chi connectivity index (χ4n) is 1.86. The molecule has 1 N–H and O–H groups in total. The second-order valence-corrected chi connectivity index (χ2v) is 5.17. The highest BCUT2D eigenvalue weighted by Gasteiger charge is 2.36. The van der Waals surface area contributed by atoms with Crippen molar-refractivity contribution in [1.82, 2.24) is 20.1 Å². The lowest BCUT2D eigenvalue weighted by Gasteiger charge is -2.19. The average molecular weight is 280 g/mol. The summed E-state index contributed by atoms with van der Waals surface area (Å²) in [6, 6.07) is 0.105. The average Bonchev–Trinajstić information content (AvgIpc) is 3.11. The van der Waals surface area contributed by atoms with Gasteiger partial charge in [0, 0.05) is 12.0 Å². The predicted octanol–water partition coefficient (Wildman–Crippen LogP) is 1.10. The van der Waals surface area contributed by atoms with Gasteiger partial charge in [-0.1, -0.05) is 13.8 Å². The van der Waals surface area contributed by atoms with E-state index in [-0.39, 0.29) is 30.2 Å². The highest BCUT2D eigenvalue weighted by Crippen LogP contribution is 2.27. The molecule has 0 spiro atoms. The second kappa shape index (κ2) is 6.02. The van der Waals surface area contributed by atoms with E-state index in [0.717, 1.165) is 12.8 Å². The van der Waals surface area contributed by atoms with Crippen LogP contribution in [0.1, 0.15) is 56.0 Å². The molecule has 1 saturated carbocycles. The Morgan fingerprint density at radius 2 is 2.15 bits per heavy atom. The zero-order valence-electron chi connectivity index (χ0n) is 12.0. The minimum atomic E-state index is -0.396. The van der Waals surface area contributed by atoms with Crippen LogP contribution in [0.15, 0.2) is 0 Å². The van der Waals surface area contributed by atoms with Crippen molar-refractivity contribution in [3.8, 4) is 0 Å². The van der Waals surface area contributed by atoms with Crippen LogP contribution in [0, 0.1) is 0 Å². The van der Waals surface area contributed by atoms with Crippen LogP contribution in [0.25, 0.3) is 0 Å². The van der Waals surface area contributed by atoms with Crippen molar-refractivity contribution in [2.45, 2.75) is 45.6 Å². The fraction of sp³-hybridized carbons (Fsp3) is 0.692.